The lowest BCUT2D eigenvalue weighted by molar-refractivity contribution is 0.0948. The number of Topliss-reactive ketones (excluding diaryl/α,β-unsaturated/α-hetero) is 1. The van der Waals surface area contributed by atoms with E-state index >= 15 is 0 Å². The lowest BCUT2D eigenvalue weighted by Gasteiger charge is -2.09. The predicted molar refractivity (Wildman–Crippen MR) is 111 cm³/mol. The van der Waals surface area contributed by atoms with Crippen LogP contribution in [0.2, 0.25) is 0 Å². The standard InChI is InChI=1S/C22H23N3O2S/c1-13-20-17(4-3-5-19(20)26)25-21(13)22(27)23-11-10-15-6-8-16(9-7-15)18-12-28-14(2)24-18/h6-9,12,25H,3-5,10-11H2,1-2H3,(H,23,27). The Morgan fingerprint density at radius 2 is 2.00 bits per heavy atom. The van der Waals surface area contributed by atoms with Crippen molar-refractivity contribution in [2.45, 2.75) is 39.5 Å². The molecule has 0 fully saturated rings. The Hall–Kier alpha value is -2.73. The molecule has 144 valence electrons. The number of ketones is 1. The van der Waals surface area contributed by atoms with Crippen molar-refractivity contribution in [1.29, 1.82) is 0 Å². The third-order valence-corrected chi connectivity index (χ3v) is 6.01. The summed E-state index contributed by atoms with van der Waals surface area (Å²) in [5.74, 6) is -0.00119. The molecule has 2 aromatic heterocycles. The lowest BCUT2D eigenvalue weighted by Crippen LogP contribution is -2.26. The highest BCUT2D eigenvalue weighted by Gasteiger charge is 2.26. The van der Waals surface area contributed by atoms with Crippen LogP contribution in [0.4, 0.5) is 0 Å². The number of carbonyl (C=O) groups is 2. The van der Waals surface area contributed by atoms with Gasteiger partial charge in [0.25, 0.3) is 5.91 Å². The molecule has 0 spiro atoms. The molecule has 1 amide bonds. The number of nitrogens with one attached hydrogen (secondary N) is 2. The number of hydrogen-bond donors (Lipinski definition) is 2. The normalized spacial score (nSPS) is 13.4. The van der Waals surface area contributed by atoms with Crippen LogP contribution < -0.4 is 5.32 Å². The van der Waals surface area contributed by atoms with E-state index in [1.165, 1.54) is 0 Å². The SMILES string of the molecule is Cc1nc(-c2ccc(CCNC(=O)c3[nH]c4c(c3C)C(=O)CCC4)cc2)cs1. The van der Waals surface area contributed by atoms with Gasteiger partial charge in [-0.1, -0.05) is 24.3 Å². The molecule has 1 aromatic carbocycles. The Labute approximate surface area is 168 Å². The predicted octanol–water partition coefficient (Wildman–Crippen LogP) is 4.25. The second-order valence-corrected chi connectivity index (χ2v) is 8.27. The molecule has 2 heterocycles. The molecule has 0 saturated heterocycles. The Bertz CT molecular complexity index is 1030. The first-order chi connectivity index (χ1) is 13.5. The molecule has 4 rings (SSSR count). The third kappa shape index (κ3) is 3.64. The maximum atomic E-state index is 12.6. The summed E-state index contributed by atoms with van der Waals surface area (Å²) in [6.07, 6.45) is 3.01. The lowest BCUT2D eigenvalue weighted by atomic mass is 9.94. The average molecular weight is 394 g/mol. The molecule has 1 aliphatic carbocycles. The van der Waals surface area contributed by atoms with Crippen molar-refractivity contribution < 1.29 is 9.59 Å². The summed E-state index contributed by atoms with van der Waals surface area (Å²) in [5, 5.41) is 6.09. The first-order valence-electron chi connectivity index (χ1n) is 9.57. The van der Waals surface area contributed by atoms with Crippen LogP contribution in [0, 0.1) is 13.8 Å². The van der Waals surface area contributed by atoms with Gasteiger partial charge in [0.2, 0.25) is 0 Å². The van der Waals surface area contributed by atoms with E-state index in [-0.39, 0.29) is 11.7 Å². The number of aryl methyl sites for hydroxylation is 2. The first-order valence-corrected chi connectivity index (χ1v) is 10.4. The fourth-order valence-corrected chi connectivity index (χ4v) is 4.37. The number of thiazole rings is 1. The molecular weight excluding hydrogens is 370 g/mol. The van der Waals surface area contributed by atoms with Gasteiger partial charge in [0.15, 0.2) is 5.78 Å². The van der Waals surface area contributed by atoms with Crippen molar-refractivity contribution in [3.05, 3.63) is 62.7 Å². The maximum Gasteiger partial charge on any atom is 0.268 e. The average Bonchev–Trinajstić information content (AvgIpc) is 3.27. The van der Waals surface area contributed by atoms with E-state index in [4.69, 9.17) is 0 Å². The molecule has 28 heavy (non-hydrogen) atoms. The van der Waals surface area contributed by atoms with Crippen molar-refractivity contribution in [3.8, 4) is 11.3 Å². The number of rotatable bonds is 5. The number of aromatic amines is 1. The molecule has 0 aliphatic heterocycles. The number of nitrogens with zero attached hydrogens (tertiary/aromatic N) is 1. The van der Waals surface area contributed by atoms with Gasteiger partial charge < -0.3 is 10.3 Å². The number of H-pyrrole nitrogens is 1. The van der Waals surface area contributed by atoms with E-state index in [1.807, 2.05) is 13.8 Å². The number of carbonyl (C=O) groups excluding carboxylic acids is 2. The van der Waals surface area contributed by atoms with E-state index in [1.54, 1.807) is 11.3 Å². The third-order valence-electron chi connectivity index (χ3n) is 5.23. The first kappa shape index (κ1) is 18.6. The minimum Gasteiger partial charge on any atom is -0.354 e. The van der Waals surface area contributed by atoms with Crippen LogP contribution in [0.25, 0.3) is 11.3 Å². The minimum atomic E-state index is -0.144. The van der Waals surface area contributed by atoms with Crippen LogP contribution in [0.1, 0.15) is 55.5 Å². The van der Waals surface area contributed by atoms with Gasteiger partial charge in [-0.3, -0.25) is 9.59 Å². The zero-order valence-electron chi connectivity index (χ0n) is 16.1. The van der Waals surface area contributed by atoms with Gasteiger partial charge in [0.05, 0.1) is 10.7 Å². The molecule has 2 N–H and O–H groups in total. The second kappa shape index (κ2) is 7.72. The van der Waals surface area contributed by atoms with E-state index in [0.717, 1.165) is 57.9 Å². The summed E-state index contributed by atoms with van der Waals surface area (Å²) in [7, 11) is 0. The van der Waals surface area contributed by atoms with Gasteiger partial charge in [-0.25, -0.2) is 4.98 Å². The summed E-state index contributed by atoms with van der Waals surface area (Å²) < 4.78 is 0. The summed E-state index contributed by atoms with van der Waals surface area (Å²) in [4.78, 5) is 32.4. The summed E-state index contributed by atoms with van der Waals surface area (Å²) in [6.45, 7) is 4.40. The van der Waals surface area contributed by atoms with E-state index in [9.17, 15) is 9.59 Å². The van der Waals surface area contributed by atoms with E-state index in [0.29, 0.717) is 18.7 Å². The van der Waals surface area contributed by atoms with Crippen LogP contribution in [-0.4, -0.2) is 28.2 Å². The molecule has 0 bridgehead atoms. The molecule has 5 nitrogen and oxygen atoms in total. The van der Waals surface area contributed by atoms with Crippen molar-refractivity contribution >= 4 is 23.0 Å². The zero-order chi connectivity index (χ0) is 19.7. The quantitative estimate of drug-likeness (QED) is 0.681. The van der Waals surface area contributed by atoms with E-state index < -0.39 is 0 Å². The second-order valence-electron chi connectivity index (χ2n) is 7.21. The number of fused-ring (bicyclic) bond motifs is 1. The highest BCUT2D eigenvalue weighted by molar-refractivity contribution is 7.09. The Morgan fingerprint density at radius 1 is 1.21 bits per heavy atom. The van der Waals surface area contributed by atoms with Gasteiger partial charge >= 0.3 is 0 Å². The molecule has 6 heteroatoms. The minimum absolute atomic E-state index is 0.143. The van der Waals surface area contributed by atoms with Crippen molar-refractivity contribution in [1.82, 2.24) is 15.3 Å². The number of amides is 1. The van der Waals surface area contributed by atoms with Gasteiger partial charge in [0.1, 0.15) is 5.69 Å². The Morgan fingerprint density at radius 3 is 2.68 bits per heavy atom. The summed E-state index contributed by atoms with van der Waals surface area (Å²) >= 11 is 1.65. The summed E-state index contributed by atoms with van der Waals surface area (Å²) in [6, 6.07) is 8.29. The zero-order valence-corrected chi connectivity index (χ0v) is 16.9. The van der Waals surface area contributed by atoms with Gasteiger partial charge in [-0.2, -0.15) is 0 Å². The fraction of sp³-hybridized carbons (Fsp3) is 0.318. The van der Waals surface area contributed by atoms with Crippen LogP contribution in [0.15, 0.2) is 29.6 Å². The van der Waals surface area contributed by atoms with Crippen LogP contribution in [0.3, 0.4) is 0 Å². The van der Waals surface area contributed by atoms with Crippen molar-refractivity contribution in [3.63, 3.8) is 0 Å². The van der Waals surface area contributed by atoms with Crippen LogP contribution >= 0.6 is 11.3 Å². The van der Waals surface area contributed by atoms with E-state index in [2.05, 4.69) is 44.9 Å². The Balaban J connectivity index is 1.36. The Kier molecular flexibility index (Phi) is 5.13. The van der Waals surface area contributed by atoms with Gasteiger partial charge in [0, 0.05) is 35.2 Å². The number of benzene rings is 1. The van der Waals surface area contributed by atoms with Crippen LogP contribution in [0.5, 0.6) is 0 Å². The molecule has 0 radical (unpaired) electrons. The molecular formula is C22H23N3O2S. The largest absolute Gasteiger partial charge is 0.354 e. The van der Waals surface area contributed by atoms with Gasteiger partial charge in [-0.15, -0.1) is 11.3 Å². The van der Waals surface area contributed by atoms with Gasteiger partial charge in [-0.05, 0) is 44.2 Å². The number of hydrogen-bond acceptors (Lipinski definition) is 4. The molecule has 0 unspecified atom stereocenters. The summed E-state index contributed by atoms with van der Waals surface area (Å²) in [5.41, 5.74) is 6.21. The molecule has 0 atom stereocenters. The highest BCUT2D eigenvalue weighted by atomic mass is 32.1. The monoisotopic (exact) mass is 393 g/mol. The highest BCUT2D eigenvalue weighted by Crippen LogP contribution is 2.26. The van der Waals surface area contributed by atoms with Crippen LogP contribution in [-0.2, 0) is 12.8 Å². The van der Waals surface area contributed by atoms with Crippen molar-refractivity contribution in [2.75, 3.05) is 6.54 Å². The molecule has 1 aliphatic rings. The topological polar surface area (TPSA) is 74.8 Å². The van der Waals surface area contributed by atoms with Crippen molar-refractivity contribution in [2.24, 2.45) is 0 Å². The molecule has 0 saturated carbocycles. The maximum absolute atomic E-state index is 12.6. The smallest absolute Gasteiger partial charge is 0.268 e. The fourth-order valence-electron chi connectivity index (χ4n) is 3.75. The molecule has 3 aromatic rings. The number of aromatic nitrogens is 2.